The highest BCUT2D eigenvalue weighted by Crippen LogP contribution is 2.20. The fourth-order valence-electron chi connectivity index (χ4n) is 2.13. The minimum Gasteiger partial charge on any atom is -0.465 e. The van der Waals surface area contributed by atoms with Crippen LogP contribution in [0.5, 0.6) is 0 Å². The number of rotatable bonds is 7. The van der Waals surface area contributed by atoms with Crippen molar-refractivity contribution in [1.82, 2.24) is 4.90 Å². The van der Waals surface area contributed by atoms with Crippen molar-refractivity contribution < 1.29 is 32.2 Å². The second-order valence-corrected chi connectivity index (χ2v) is 4.84. The zero-order valence-corrected chi connectivity index (χ0v) is 11.9. The zero-order valence-electron chi connectivity index (χ0n) is 11.9. The maximum atomic E-state index is 12.5. The highest BCUT2D eigenvalue weighted by molar-refractivity contribution is 5.82. The van der Waals surface area contributed by atoms with Gasteiger partial charge in [-0.3, -0.25) is 9.59 Å². The fraction of sp³-hybridized carbons (Fsp3) is 0.846. The Morgan fingerprint density at radius 1 is 1.38 bits per heavy atom. The molecule has 0 radical (unpaired) electrons. The van der Waals surface area contributed by atoms with Crippen LogP contribution in [0.15, 0.2) is 0 Å². The van der Waals surface area contributed by atoms with Gasteiger partial charge in [0.25, 0.3) is 0 Å². The number of halogens is 3. The molecule has 1 heterocycles. The molecule has 0 spiro atoms. The van der Waals surface area contributed by atoms with Gasteiger partial charge in [-0.1, -0.05) is 0 Å². The third-order valence-electron chi connectivity index (χ3n) is 3.05. The minimum absolute atomic E-state index is 0.0583. The molecule has 0 saturated carbocycles. The van der Waals surface area contributed by atoms with Gasteiger partial charge in [-0.15, -0.1) is 0 Å². The van der Waals surface area contributed by atoms with E-state index in [0.29, 0.717) is 17.9 Å². The molecule has 122 valence electrons. The normalized spacial score (nSPS) is 18.6. The van der Waals surface area contributed by atoms with E-state index in [0.717, 1.165) is 12.8 Å². The van der Waals surface area contributed by atoms with E-state index in [1.807, 2.05) is 0 Å². The van der Waals surface area contributed by atoms with Crippen molar-refractivity contribution in [2.45, 2.75) is 44.9 Å². The predicted molar refractivity (Wildman–Crippen MR) is 67.5 cm³/mol. The van der Waals surface area contributed by atoms with Gasteiger partial charge in [-0.2, -0.15) is 13.2 Å². The lowest BCUT2D eigenvalue weighted by Gasteiger charge is -2.23. The van der Waals surface area contributed by atoms with Gasteiger partial charge in [0, 0.05) is 13.0 Å². The molecule has 1 unspecified atom stereocenters. The van der Waals surface area contributed by atoms with Crippen molar-refractivity contribution >= 4 is 11.9 Å². The van der Waals surface area contributed by atoms with E-state index in [1.54, 1.807) is 6.92 Å². The lowest BCUT2D eigenvalue weighted by Crippen LogP contribution is -2.42. The maximum absolute atomic E-state index is 12.5. The van der Waals surface area contributed by atoms with Gasteiger partial charge in [-0.05, 0) is 26.2 Å². The van der Waals surface area contributed by atoms with E-state index < -0.39 is 31.1 Å². The number of amides is 1. The molecule has 1 fully saturated rings. The number of carbonyl (C=O) groups is 2. The molecular weight excluding hydrogens is 291 g/mol. The summed E-state index contributed by atoms with van der Waals surface area (Å²) < 4.78 is 47.3. The molecule has 0 N–H and O–H groups in total. The Hall–Kier alpha value is -1.31. The lowest BCUT2D eigenvalue weighted by atomic mass is 10.1. The van der Waals surface area contributed by atoms with Crippen LogP contribution in [-0.2, 0) is 19.1 Å². The highest BCUT2D eigenvalue weighted by atomic mass is 19.4. The topological polar surface area (TPSA) is 55.8 Å². The van der Waals surface area contributed by atoms with Gasteiger partial charge in [0.05, 0.1) is 12.7 Å². The molecule has 5 nitrogen and oxygen atoms in total. The third kappa shape index (κ3) is 7.31. The van der Waals surface area contributed by atoms with Crippen LogP contribution < -0.4 is 0 Å². The van der Waals surface area contributed by atoms with Crippen LogP contribution in [0.4, 0.5) is 13.2 Å². The molecule has 8 heteroatoms. The summed E-state index contributed by atoms with van der Waals surface area (Å²) in [6.45, 7) is 0.0931. The quantitative estimate of drug-likeness (QED) is 0.674. The van der Waals surface area contributed by atoms with Crippen molar-refractivity contribution in [1.29, 1.82) is 0 Å². The molecule has 21 heavy (non-hydrogen) atoms. The maximum Gasteiger partial charge on any atom is 0.406 e. The average Bonchev–Trinajstić information content (AvgIpc) is 2.86. The van der Waals surface area contributed by atoms with Crippen LogP contribution in [0.3, 0.4) is 0 Å². The molecule has 1 atom stereocenters. The van der Waals surface area contributed by atoms with Gasteiger partial charge in [0.2, 0.25) is 5.91 Å². The number of carbonyl (C=O) groups excluding carboxylic acids is 2. The van der Waals surface area contributed by atoms with Crippen LogP contribution in [-0.4, -0.2) is 55.4 Å². The standard InChI is InChI=1S/C13H20F3NO4/c1-2-20-12(19)8-17(9-13(14,15)16)11(18)6-5-10-4-3-7-21-10/h10H,2-9H2,1H3. The Bertz CT molecular complexity index is 354. The SMILES string of the molecule is CCOC(=O)CN(CC(F)(F)F)C(=O)CCC1CCCO1. The van der Waals surface area contributed by atoms with Gasteiger partial charge in [0.1, 0.15) is 13.1 Å². The Morgan fingerprint density at radius 3 is 2.62 bits per heavy atom. The molecule has 0 aromatic carbocycles. The van der Waals surface area contributed by atoms with Crippen molar-refractivity contribution in [3.63, 3.8) is 0 Å². The zero-order chi connectivity index (χ0) is 15.9. The third-order valence-corrected chi connectivity index (χ3v) is 3.05. The number of hydrogen-bond acceptors (Lipinski definition) is 4. The first kappa shape index (κ1) is 17.7. The second kappa shape index (κ2) is 8.21. The van der Waals surface area contributed by atoms with E-state index in [-0.39, 0.29) is 19.1 Å². The largest absolute Gasteiger partial charge is 0.465 e. The molecule has 1 saturated heterocycles. The summed E-state index contributed by atoms with van der Waals surface area (Å²) in [5.74, 6) is -1.55. The van der Waals surface area contributed by atoms with E-state index >= 15 is 0 Å². The Balaban J connectivity index is 2.52. The number of hydrogen-bond donors (Lipinski definition) is 0. The minimum atomic E-state index is -4.55. The predicted octanol–water partition coefficient (Wildman–Crippen LogP) is 1.90. The summed E-state index contributed by atoms with van der Waals surface area (Å²) in [6, 6.07) is 0. The van der Waals surface area contributed by atoms with Crippen LogP contribution in [0.1, 0.15) is 32.6 Å². The molecule has 0 aliphatic carbocycles. The van der Waals surface area contributed by atoms with Crippen LogP contribution in [0.25, 0.3) is 0 Å². The summed E-state index contributed by atoms with van der Waals surface area (Å²) in [4.78, 5) is 23.7. The van der Waals surface area contributed by atoms with E-state index in [2.05, 4.69) is 4.74 Å². The van der Waals surface area contributed by atoms with Crippen molar-refractivity contribution in [3.05, 3.63) is 0 Å². The van der Waals surface area contributed by atoms with Gasteiger partial charge < -0.3 is 14.4 Å². The molecule has 0 bridgehead atoms. The highest BCUT2D eigenvalue weighted by Gasteiger charge is 2.34. The number of ether oxygens (including phenoxy) is 2. The molecular formula is C13H20F3NO4. The lowest BCUT2D eigenvalue weighted by molar-refractivity contribution is -0.167. The molecule has 1 rings (SSSR count). The van der Waals surface area contributed by atoms with Crippen LogP contribution in [0, 0.1) is 0 Å². The summed E-state index contributed by atoms with van der Waals surface area (Å²) in [6.07, 6.45) is -2.62. The number of esters is 1. The van der Waals surface area contributed by atoms with Crippen LogP contribution in [0.2, 0.25) is 0 Å². The first-order valence-corrected chi connectivity index (χ1v) is 6.93. The molecule has 0 aromatic rings. The van der Waals surface area contributed by atoms with Crippen molar-refractivity contribution in [3.8, 4) is 0 Å². The summed E-state index contributed by atoms with van der Waals surface area (Å²) in [7, 11) is 0. The number of nitrogens with zero attached hydrogens (tertiary/aromatic N) is 1. The van der Waals surface area contributed by atoms with Gasteiger partial charge in [0.15, 0.2) is 0 Å². The van der Waals surface area contributed by atoms with Gasteiger partial charge >= 0.3 is 12.1 Å². The van der Waals surface area contributed by atoms with E-state index in [4.69, 9.17) is 4.74 Å². The Kier molecular flexibility index (Phi) is 6.94. The second-order valence-electron chi connectivity index (χ2n) is 4.84. The van der Waals surface area contributed by atoms with Gasteiger partial charge in [-0.25, -0.2) is 0 Å². The first-order valence-electron chi connectivity index (χ1n) is 6.93. The first-order chi connectivity index (χ1) is 9.81. The summed E-state index contributed by atoms with van der Waals surface area (Å²) in [5.41, 5.74) is 0. The van der Waals surface area contributed by atoms with Crippen molar-refractivity contribution in [2.24, 2.45) is 0 Å². The number of alkyl halides is 3. The summed E-state index contributed by atoms with van der Waals surface area (Å²) >= 11 is 0. The van der Waals surface area contributed by atoms with Crippen LogP contribution >= 0.6 is 0 Å². The summed E-state index contributed by atoms with van der Waals surface area (Å²) in [5, 5.41) is 0. The van der Waals surface area contributed by atoms with Crippen molar-refractivity contribution in [2.75, 3.05) is 26.3 Å². The molecule has 1 aliphatic rings. The fourth-order valence-corrected chi connectivity index (χ4v) is 2.13. The Morgan fingerprint density at radius 2 is 2.10 bits per heavy atom. The smallest absolute Gasteiger partial charge is 0.406 e. The molecule has 0 aromatic heterocycles. The van der Waals surface area contributed by atoms with E-state index in [9.17, 15) is 22.8 Å². The Labute approximate surface area is 121 Å². The monoisotopic (exact) mass is 311 g/mol. The molecule has 1 amide bonds. The average molecular weight is 311 g/mol. The molecule has 1 aliphatic heterocycles. The van der Waals surface area contributed by atoms with E-state index in [1.165, 1.54) is 0 Å².